The predicted molar refractivity (Wildman–Crippen MR) is 57.9 cm³/mol. The molecular formula is C11H14ClF2N. The Hall–Kier alpha value is -0.670. The number of hydrogen-bond donors (Lipinski definition) is 1. The number of benzene rings is 1. The molecule has 1 rings (SSSR count). The molecule has 0 radical (unpaired) electrons. The summed E-state index contributed by atoms with van der Waals surface area (Å²) in [6.07, 6.45) is 0. The standard InChI is InChI=1S/C11H14ClF2N/c1-8(5-12)6-15-7-9-10(13)3-2-4-11(9)14/h2-4,8,15H,5-7H2,1H3. The van der Waals surface area contributed by atoms with Gasteiger partial charge in [0, 0.05) is 18.0 Å². The average molecular weight is 234 g/mol. The Balaban J connectivity index is 2.50. The van der Waals surface area contributed by atoms with Gasteiger partial charge in [0.2, 0.25) is 0 Å². The highest BCUT2D eigenvalue weighted by atomic mass is 35.5. The average Bonchev–Trinajstić information content (AvgIpc) is 2.22. The first-order valence-electron chi connectivity index (χ1n) is 4.84. The summed E-state index contributed by atoms with van der Waals surface area (Å²) in [6, 6.07) is 3.87. The lowest BCUT2D eigenvalue weighted by Crippen LogP contribution is -2.22. The van der Waals surface area contributed by atoms with E-state index in [1.165, 1.54) is 18.2 Å². The van der Waals surface area contributed by atoms with Crippen LogP contribution in [-0.4, -0.2) is 12.4 Å². The first-order valence-corrected chi connectivity index (χ1v) is 5.38. The maximum absolute atomic E-state index is 13.2. The largest absolute Gasteiger partial charge is 0.312 e. The van der Waals surface area contributed by atoms with Gasteiger partial charge >= 0.3 is 0 Å². The van der Waals surface area contributed by atoms with Gasteiger partial charge in [0.1, 0.15) is 11.6 Å². The minimum Gasteiger partial charge on any atom is -0.312 e. The van der Waals surface area contributed by atoms with Crippen molar-refractivity contribution in [1.82, 2.24) is 5.32 Å². The van der Waals surface area contributed by atoms with Gasteiger partial charge in [0.05, 0.1) is 0 Å². The van der Waals surface area contributed by atoms with Crippen molar-refractivity contribution in [1.29, 1.82) is 0 Å². The third-order valence-corrected chi connectivity index (χ3v) is 2.65. The normalized spacial score (nSPS) is 12.8. The van der Waals surface area contributed by atoms with Gasteiger partial charge in [-0.15, -0.1) is 11.6 Å². The van der Waals surface area contributed by atoms with E-state index < -0.39 is 11.6 Å². The Kier molecular flexibility index (Phi) is 4.99. The predicted octanol–water partition coefficient (Wildman–Crippen LogP) is 2.93. The monoisotopic (exact) mass is 233 g/mol. The molecule has 0 aromatic heterocycles. The van der Waals surface area contributed by atoms with Crippen LogP contribution in [0.3, 0.4) is 0 Å². The van der Waals surface area contributed by atoms with Crippen molar-refractivity contribution >= 4 is 11.6 Å². The van der Waals surface area contributed by atoms with Gasteiger partial charge in [0.25, 0.3) is 0 Å². The topological polar surface area (TPSA) is 12.0 Å². The van der Waals surface area contributed by atoms with Gasteiger partial charge in [-0.3, -0.25) is 0 Å². The molecule has 0 amide bonds. The highest BCUT2D eigenvalue weighted by molar-refractivity contribution is 6.18. The van der Waals surface area contributed by atoms with Gasteiger partial charge in [-0.25, -0.2) is 8.78 Å². The first kappa shape index (κ1) is 12.4. The van der Waals surface area contributed by atoms with Crippen LogP contribution in [0, 0.1) is 17.6 Å². The zero-order valence-electron chi connectivity index (χ0n) is 8.56. The van der Waals surface area contributed by atoms with Crippen molar-refractivity contribution in [2.45, 2.75) is 13.5 Å². The van der Waals surface area contributed by atoms with E-state index in [1.54, 1.807) is 0 Å². The molecule has 0 aliphatic heterocycles. The summed E-state index contributed by atoms with van der Waals surface area (Å²) in [5.74, 6) is -0.198. The first-order chi connectivity index (χ1) is 7.15. The summed E-state index contributed by atoms with van der Waals surface area (Å²) >= 11 is 5.61. The van der Waals surface area contributed by atoms with Crippen LogP contribution in [-0.2, 0) is 6.54 Å². The van der Waals surface area contributed by atoms with E-state index in [4.69, 9.17) is 11.6 Å². The molecule has 1 nitrogen and oxygen atoms in total. The number of hydrogen-bond acceptors (Lipinski definition) is 1. The number of halogens is 3. The van der Waals surface area contributed by atoms with Gasteiger partial charge in [-0.2, -0.15) is 0 Å². The van der Waals surface area contributed by atoms with Gasteiger partial charge in [0.15, 0.2) is 0 Å². The van der Waals surface area contributed by atoms with Gasteiger partial charge in [-0.1, -0.05) is 13.0 Å². The van der Waals surface area contributed by atoms with E-state index in [9.17, 15) is 8.78 Å². The fourth-order valence-corrected chi connectivity index (χ4v) is 1.31. The molecule has 0 bridgehead atoms. The maximum atomic E-state index is 13.2. The highest BCUT2D eigenvalue weighted by Crippen LogP contribution is 2.11. The highest BCUT2D eigenvalue weighted by Gasteiger charge is 2.08. The van der Waals surface area contributed by atoms with Crippen LogP contribution in [0.1, 0.15) is 12.5 Å². The maximum Gasteiger partial charge on any atom is 0.130 e. The minimum atomic E-state index is -0.513. The van der Waals surface area contributed by atoms with Crippen molar-refractivity contribution in [2.24, 2.45) is 5.92 Å². The van der Waals surface area contributed by atoms with Crippen LogP contribution in [0.15, 0.2) is 18.2 Å². The summed E-state index contributed by atoms with van der Waals surface area (Å²) in [7, 11) is 0. The van der Waals surface area contributed by atoms with E-state index in [-0.39, 0.29) is 12.1 Å². The molecule has 1 aromatic carbocycles. The third kappa shape index (κ3) is 3.76. The molecule has 0 heterocycles. The van der Waals surface area contributed by atoms with Crippen molar-refractivity contribution in [3.8, 4) is 0 Å². The molecule has 0 saturated carbocycles. The van der Waals surface area contributed by atoms with Gasteiger partial charge in [-0.05, 0) is 24.6 Å². The molecule has 84 valence electrons. The second-order valence-electron chi connectivity index (χ2n) is 3.59. The smallest absolute Gasteiger partial charge is 0.130 e. The summed E-state index contributed by atoms with van der Waals surface area (Å²) in [5, 5.41) is 2.97. The van der Waals surface area contributed by atoms with E-state index >= 15 is 0 Å². The van der Waals surface area contributed by atoms with Crippen LogP contribution in [0.2, 0.25) is 0 Å². The summed E-state index contributed by atoms with van der Waals surface area (Å²) in [6.45, 7) is 2.81. The van der Waals surface area contributed by atoms with Crippen LogP contribution < -0.4 is 5.32 Å². The quantitative estimate of drug-likeness (QED) is 0.772. The van der Waals surface area contributed by atoms with Crippen molar-refractivity contribution < 1.29 is 8.78 Å². The van der Waals surface area contributed by atoms with Crippen LogP contribution in [0.25, 0.3) is 0 Å². The molecule has 0 aliphatic rings. The van der Waals surface area contributed by atoms with E-state index in [2.05, 4.69) is 5.32 Å². The van der Waals surface area contributed by atoms with E-state index in [0.717, 1.165) is 0 Å². The minimum absolute atomic E-state index is 0.0827. The number of rotatable bonds is 5. The third-order valence-electron chi connectivity index (χ3n) is 2.12. The van der Waals surface area contributed by atoms with Crippen LogP contribution in [0.5, 0.6) is 0 Å². The number of alkyl halides is 1. The second kappa shape index (κ2) is 6.03. The lowest BCUT2D eigenvalue weighted by Gasteiger charge is -2.10. The molecule has 0 aliphatic carbocycles. The molecular weight excluding hydrogens is 220 g/mol. The SMILES string of the molecule is CC(CCl)CNCc1c(F)cccc1F. The lowest BCUT2D eigenvalue weighted by atomic mass is 10.2. The van der Waals surface area contributed by atoms with Crippen molar-refractivity contribution in [2.75, 3.05) is 12.4 Å². The number of nitrogens with one attached hydrogen (secondary N) is 1. The molecule has 4 heteroatoms. The van der Waals surface area contributed by atoms with E-state index in [1.807, 2.05) is 6.92 Å². The summed E-state index contributed by atoms with van der Waals surface area (Å²) in [4.78, 5) is 0. The summed E-state index contributed by atoms with van der Waals surface area (Å²) < 4.78 is 26.3. The fourth-order valence-electron chi connectivity index (χ4n) is 1.20. The Morgan fingerprint density at radius 1 is 1.33 bits per heavy atom. The molecule has 0 spiro atoms. The summed E-state index contributed by atoms with van der Waals surface area (Å²) in [5.41, 5.74) is 0.0827. The molecule has 1 unspecified atom stereocenters. The Morgan fingerprint density at radius 2 is 1.93 bits per heavy atom. The van der Waals surface area contributed by atoms with Crippen molar-refractivity contribution in [3.05, 3.63) is 35.4 Å². The molecule has 1 atom stereocenters. The zero-order chi connectivity index (χ0) is 11.3. The molecule has 0 fully saturated rings. The molecule has 1 aromatic rings. The second-order valence-corrected chi connectivity index (χ2v) is 3.90. The Morgan fingerprint density at radius 3 is 2.47 bits per heavy atom. The fraction of sp³-hybridized carbons (Fsp3) is 0.455. The zero-order valence-corrected chi connectivity index (χ0v) is 9.32. The molecule has 15 heavy (non-hydrogen) atoms. The van der Waals surface area contributed by atoms with E-state index in [0.29, 0.717) is 18.3 Å². The van der Waals surface area contributed by atoms with Gasteiger partial charge < -0.3 is 5.32 Å². The molecule has 1 N–H and O–H groups in total. The van der Waals surface area contributed by atoms with Crippen LogP contribution >= 0.6 is 11.6 Å². The Labute approximate surface area is 93.4 Å². The molecule has 0 saturated heterocycles. The van der Waals surface area contributed by atoms with Crippen molar-refractivity contribution in [3.63, 3.8) is 0 Å². The Bertz CT molecular complexity index is 297. The lowest BCUT2D eigenvalue weighted by molar-refractivity contribution is 0.510. The van der Waals surface area contributed by atoms with Crippen LogP contribution in [0.4, 0.5) is 8.78 Å².